The van der Waals surface area contributed by atoms with Gasteiger partial charge in [0.1, 0.15) is 0 Å². The van der Waals surface area contributed by atoms with E-state index >= 15 is 0 Å². The summed E-state index contributed by atoms with van der Waals surface area (Å²) in [4.78, 5) is 12.5. The van der Waals surface area contributed by atoms with Crippen LogP contribution in [0.1, 0.15) is 277 Å². The van der Waals surface area contributed by atoms with Crippen LogP contribution in [-0.4, -0.2) is 46.1 Å². The molecule has 0 aromatic heterocycles. The number of amides is 1. The van der Waals surface area contributed by atoms with Crippen molar-refractivity contribution in [1.82, 2.24) is 5.32 Å². The van der Waals surface area contributed by atoms with Crippen molar-refractivity contribution >= 4 is 5.91 Å². The first-order valence-corrected chi connectivity index (χ1v) is 26.3. The zero-order valence-electron chi connectivity index (χ0n) is 39.6. The Morgan fingerprint density at radius 1 is 0.424 bits per heavy atom. The molecule has 0 saturated carbocycles. The first-order valence-electron chi connectivity index (χ1n) is 26.3. The molecule has 0 aromatic carbocycles. The topological polar surface area (TPSA) is 89.8 Å². The van der Waals surface area contributed by atoms with Crippen molar-refractivity contribution in [3.8, 4) is 0 Å². The van der Waals surface area contributed by atoms with Crippen LogP contribution in [0, 0.1) is 0 Å². The molecular formula is C54H103NO4. The Hall–Kier alpha value is -1.43. The lowest BCUT2D eigenvalue weighted by Crippen LogP contribution is -2.45. The van der Waals surface area contributed by atoms with Crippen molar-refractivity contribution in [3.05, 3.63) is 36.5 Å². The minimum atomic E-state index is -0.950. The van der Waals surface area contributed by atoms with E-state index in [0.717, 1.165) is 32.1 Å². The van der Waals surface area contributed by atoms with Gasteiger partial charge in [0, 0.05) is 0 Å². The molecule has 348 valence electrons. The van der Waals surface area contributed by atoms with Crippen molar-refractivity contribution in [2.75, 3.05) is 6.61 Å². The molecule has 0 radical (unpaired) electrons. The predicted molar refractivity (Wildman–Crippen MR) is 259 cm³/mol. The van der Waals surface area contributed by atoms with Crippen molar-refractivity contribution in [2.24, 2.45) is 0 Å². The van der Waals surface area contributed by atoms with Crippen LogP contribution in [0.15, 0.2) is 36.5 Å². The number of carbonyl (C=O) groups is 1. The van der Waals surface area contributed by atoms with Gasteiger partial charge < -0.3 is 20.6 Å². The van der Waals surface area contributed by atoms with Gasteiger partial charge in [-0.15, -0.1) is 0 Å². The molecule has 0 spiro atoms. The summed E-state index contributed by atoms with van der Waals surface area (Å²) in [5.41, 5.74) is 0. The van der Waals surface area contributed by atoms with Crippen LogP contribution in [0.5, 0.6) is 0 Å². The maximum atomic E-state index is 12.5. The Balaban J connectivity index is 3.52. The third-order valence-corrected chi connectivity index (χ3v) is 12.1. The summed E-state index contributed by atoms with van der Waals surface area (Å²) < 4.78 is 0. The molecule has 3 unspecified atom stereocenters. The van der Waals surface area contributed by atoms with Gasteiger partial charge in [0.15, 0.2) is 0 Å². The van der Waals surface area contributed by atoms with Gasteiger partial charge in [0.2, 0.25) is 5.91 Å². The van der Waals surface area contributed by atoms with E-state index in [1.54, 1.807) is 6.08 Å². The summed E-state index contributed by atoms with van der Waals surface area (Å²) in [6.07, 6.45) is 63.3. The molecule has 0 rings (SSSR count). The van der Waals surface area contributed by atoms with Gasteiger partial charge in [-0.1, -0.05) is 249 Å². The van der Waals surface area contributed by atoms with Crippen molar-refractivity contribution in [1.29, 1.82) is 0 Å². The summed E-state index contributed by atoms with van der Waals surface area (Å²) in [6.45, 7) is 4.20. The Bertz CT molecular complexity index is 916. The Kier molecular flexibility index (Phi) is 48.0. The third-order valence-electron chi connectivity index (χ3n) is 12.1. The number of allylic oxidation sites excluding steroid dienone is 5. The lowest BCUT2D eigenvalue weighted by atomic mass is 10.0. The fourth-order valence-electron chi connectivity index (χ4n) is 8.12. The van der Waals surface area contributed by atoms with Gasteiger partial charge in [-0.25, -0.2) is 0 Å². The van der Waals surface area contributed by atoms with Gasteiger partial charge in [0.05, 0.1) is 31.3 Å². The molecule has 0 fully saturated rings. The highest BCUT2D eigenvalue weighted by atomic mass is 16.3. The predicted octanol–water partition coefficient (Wildman–Crippen LogP) is 15.9. The summed E-state index contributed by atoms with van der Waals surface area (Å²) >= 11 is 0. The molecule has 0 aliphatic rings. The van der Waals surface area contributed by atoms with Gasteiger partial charge in [-0.2, -0.15) is 0 Å². The van der Waals surface area contributed by atoms with Crippen LogP contribution >= 0.6 is 0 Å². The number of nitrogens with one attached hydrogen (secondary N) is 1. The van der Waals surface area contributed by atoms with Crippen LogP contribution in [0.25, 0.3) is 0 Å². The molecular weight excluding hydrogens is 727 g/mol. The van der Waals surface area contributed by atoms with Crippen LogP contribution in [0.2, 0.25) is 0 Å². The van der Waals surface area contributed by atoms with Gasteiger partial charge in [0.25, 0.3) is 0 Å². The second kappa shape index (κ2) is 49.2. The standard InChI is InChI=1S/C54H103NO4/c1-3-5-7-9-11-13-15-17-18-19-20-21-22-23-24-25-26-27-28-29-30-31-32-33-34-36-37-39-41-43-45-47-51(57)49-54(59)55-52(50-56)53(58)48-46-44-42-40-38-35-16-14-12-10-8-6-4-2/h23-24,38,40,46,48,51-53,56-58H,3-22,25-37,39,41-45,47,49-50H2,1-2H3,(H,55,59)/b24-23-,40-38+,48-46+. The Labute approximate surface area is 368 Å². The second-order valence-electron chi connectivity index (χ2n) is 18.1. The molecule has 0 aliphatic heterocycles. The third kappa shape index (κ3) is 45.9. The van der Waals surface area contributed by atoms with Gasteiger partial charge in [-0.05, 0) is 57.8 Å². The molecule has 0 aromatic rings. The summed E-state index contributed by atoms with van der Waals surface area (Å²) in [5, 5.41) is 33.3. The van der Waals surface area contributed by atoms with Crippen molar-refractivity contribution in [2.45, 2.75) is 295 Å². The molecule has 0 saturated heterocycles. The van der Waals surface area contributed by atoms with Crippen LogP contribution < -0.4 is 5.32 Å². The SMILES string of the molecule is CCCCCCCCC/C=C/CC/C=C/C(O)C(CO)NC(=O)CC(O)CCCCCCCCCCCCCCCCC/C=C\CCCCCCCCCCCCCC. The lowest BCUT2D eigenvalue weighted by molar-refractivity contribution is -0.124. The number of hydrogen-bond acceptors (Lipinski definition) is 4. The summed E-state index contributed by atoms with van der Waals surface area (Å²) in [5.74, 6) is -0.323. The van der Waals surface area contributed by atoms with E-state index in [0.29, 0.717) is 6.42 Å². The minimum Gasteiger partial charge on any atom is -0.394 e. The second-order valence-corrected chi connectivity index (χ2v) is 18.1. The lowest BCUT2D eigenvalue weighted by Gasteiger charge is -2.21. The average molecular weight is 830 g/mol. The van der Waals surface area contributed by atoms with E-state index in [-0.39, 0.29) is 18.9 Å². The van der Waals surface area contributed by atoms with E-state index < -0.39 is 18.2 Å². The molecule has 0 bridgehead atoms. The zero-order valence-corrected chi connectivity index (χ0v) is 39.6. The molecule has 0 aliphatic carbocycles. The smallest absolute Gasteiger partial charge is 0.222 e. The highest BCUT2D eigenvalue weighted by Crippen LogP contribution is 2.16. The molecule has 4 N–H and O–H groups in total. The molecule has 0 heterocycles. The number of aliphatic hydroxyl groups excluding tert-OH is 3. The van der Waals surface area contributed by atoms with E-state index in [9.17, 15) is 20.1 Å². The first kappa shape index (κ1) is 57.6. The normalized spacial score (nSPS) is 13.6. The van der Waals surface area contributed by atoms with Crippen LogP contribution in [-0.2, 0) is 4.79 Å². The zero-order chi connectivity index (χ0) is 43.0. The maximum absolute atomic E-state index is 12.5. The highest BCUT2D eigenvalue weighted by molar-refractivity contribution is 5.76. The highest BCUT2D eigenvalue weighted by Gasteiger charge is 2.20. The number of aliphatic hydroxyl groups is 3. The van der Waals surface area contributed by atoms with Gasteiger partial charge >= 0.3 is 0 Å². The summed E-state index contributed by atoms with van der Waals surface area (Å²) in [6, 6.07) is -0.759. The molecule has 5 nitrogen and oxygen atoms in total. The van der Waals surface area contributed by atoms with E-state index in [1.165, 1.54) is 218 Å². The Morgan fingerprint density at radius 3 is 1.08 bits per heavy atom. The van der Waals surface area contributed by atoms with Crippen molar-refractivity contribution in [3.63, 3.8) is 0 Å². The fourth-order valence-corrected chi connectivity index (χ4v) is 8.12. The van der Waals surface area contributed by atoms with Crippen LogP contribution in [0.3, 0.4) is 0 Å². The molecule has 5 heteroatoms. The van der Waals surface area contributed by atoms with E-state index in [4.69, 9.17) is 0 Å². The summed E-state index contributed by atoms with van der Waals surface area (Å²) in [7, 11) is 0. The molecule has 3 atom stereocenters. The largest absolute Gasteiger partial charge is 0.394 e. The first-order chi connectivity index (χ1) is 29.0. The molecule has 59 heavy (non-hydrogen) atoms. The quantitative estimate of drug-likeness (QED) is 0.0363. The fraction of sp³-hybridized carbons (Fsp3) is 0.870. The number of hydrogen-bond donors (Lipinski definition) is 4. The number of carbonyl (C=O) groups excluding carboxylic acids is 1. The van der Waals surface area contributed by atoms with Crippen LogP contribution in [0.4, 0.5) is 0 Å². The van der Waals surface area contributed by atoms with E-state index in [2.05, 4.69) is 43.5 Å². The number of unbranched alkanes of at least 4 members (excludes halogenated alkanes) is 35. The number of rotatable bonds is 48. The Morgan fingerprint density at radius 2 is 0.729 bits per heavy atom. The monoisotopic (exact) mass is 830 g/mol. The van der Waals surface area contributed by atoms with E-state index in [1.807, 2.05) is 6.08 Å². The average Bonchev–Trinajstić information content (AvgIpc) is 3.23. The molecule has 1 amide bonds. The maximum Gasteiger partial charge on any atom is 0.222 e. The van der Waals surface area contributed by atoms with Crippen molar-refractivity contribution < 1.29 is 20.1 Å². The van der Waals surface area contributed by atoms with Gasteiger partial charge in [-0.3, -0.25) is 4.79 Å². The minimum absolute atomic E-state index is 0.00759.